The summed E-state index contributed by atoms with van der Waals surface area (Å²) in [5.41, 5.74) is 6.44. The Hall–Kier alpha value is -1.90. The van der Waals surface area contributed by atoms with Crippen molar-refractivity contribution in [3.63, 3.8) is 0 Å². The highest BCUT2D eigenvalue weighted by molar-refractivity contribution is 5.96. The van der Waals surface area contributed by atoms with Crippen LogP contribution in [0, 0.1) is 17.8 Å². The topological polar surface area (TPSA) is 77.2 Å². The van der Waals surface area contributed by atoms with Crippen LogP contribution in [-0.4, -0.2) is 37.2 Å². The van der Waals surface area contributed by atoms with Crippen LogP contribution in [0.5, 0.6) is 0 Å². The van der Waals surface area contributed by atoms with E-state index >= 15 is 0 Å². The molecule has 0 saturated heterocycles. The van der Waals surface area contributed by atoms with Crippen LogP contribution in [0.1, 0.15) is 28.8 Å². The minimum Gasteiger partial charge on any atom is -0.379 e. The maximum absolute atomic E-state index is 12.0. The van der Waals surface area contributed by atoms with Gasteiger partial charge in [0.05, 0.1) is 24.3 Å². The average molecular weight is 273 g/mol. The lowest BCUT2D eigenvalue weighted by molar-refractivity contribution is 0.0906. The van der Waals surface area contributed by atoms with Gasteiger partial charge in [0.25, 0.3) is 5.91 Å². The lowest BCUT2D eigenvalue weighted by Crippen LogP contribution is -2.28. The molecule has 1 amide bonds. The second kappa shape index (κ2) is 7.63. The molecule has 1 aromatic rings. The predicted octanol–water partition coefficient (Wildman–Crippen LogP) is 0.548. The number of ether oxygens (including phenoxy) is 1. The number of nitrogens with zero attached hydrogens (tertiary/aromatic N) is 1. The summed E-state index contributed by atoms with van der Waals surface area (Å²) >= 11 is 0. The molecule has 0 spiro atoms. The molecule has 1 saturated carbocycles. The maximum atomic E-state index is 12.0. The number of nitrogens with two attached hydrogens (primary N) is 1. The van der Waals surface area contributed by atoms with Crippen molar-refractivity contribution < 1.29 is 9.53 Å². The molecule has 2 rings (SSSR count). The summed E-state index contributed by atoms with van der Waals surface area (Å²) in [6.45, 7) is 2.10. The minimum absolute atomic E-state index is 0.163. The molecule has 0 unspecified atom stereocenters. The van der Waals surface area contributed by atoms with Crippen molar-refractivity contribution in [3.05, 3.63) is 29.6 Å². The Balaban J connectivity index is 1.81. The van der Waals surface area contributed by atoms with Crippen molar-refractivity contribution in [1.29, 1.82) is 0 Å². The maximum Gasteiger partial charge on any atom is 0.252 e. The molecule has 106 valence electrons. The highest BCUT2D eigenvalue weighted by Crippen LogP contribution is 2.28. The third-order valence-electron chi connectivity index (χ3n) is 2.97. The number of hydrogen-bond acceptors (Lipinski definition) is 4. The van der Waals surface area contributed by atoms with E-state index < -0.39 is 0 Å². The van der Waals surface area contributed by atoms with Gasteiger partial charge in [0.15, 0.2) is 0 Å². The lowest BCUT2D eigenvalue weighted by atomic mass is 10.1. The molecule has 3 N–H and O–H groups in total. The predicted molar refractivity (Wildman–Crippen MR) is 76.0 cm³/mol. The molecule has 1 aliphatic rings. The van der Waals surface area contributed by atoms with Gasteiger partial charge in [0.2, 0.25) is 0 Å². The van der Waals surface area contributed by atoms with E-state index in [0.29, 0.717) is 24.3 Å². The summed E-state index contributed by atoms with van der Waals surface area (Å²) in [6.07, 6.45) is 5.69. The Morgan fingerprint density at radius 3 is 3.15 bits per heavy atom. The number of carbonyl (C=O) groups excluding carboxylic acids is 1. The Morgan fingerprint density at radius 2 is 2.40 bits per heavy atom. The molecule has 5 heteroatoms. The summed E-state index contributed by atoms with van der Waals surface area (Å²) in [6, 6.07) is 1.65. The first kappa shape index (κ1) is 14.5. The first-order valence-electron chi connectivity index (χ1n) is 6.80. The first-order chi connectivity index (χ1) is 9.81. The summed E-state index contributed by atoms with van der Waals surface area (Å²) in [4.78, 5) is 16.0. The molecule has 20 heavy (non-hydrogen) atoms. The van der Waals surface area contributed by atoms with Crippen LogP contribution < -0.4 is 11.1 Å². The third-order valence-corrected chi connectivity index (χ3v) is 2.97. The Kier molecular flexibility index (Phi) is 5.54. The summed E-state index contributed by atoms with van der Waals surface area (Å²) in [5, 5.41) is 2.82. The van der Waals surface area contributed by atoms with Gasteiger partial charge in [0, 0.05) is 25.5 Å². The number of rotatable bonds is 6. The molecule has 0 bridgehead atoms. The molecule has 1 aromatic heterocycles. The van der Waals surface area contributed by atoms with Crippen molar-refractivity contribution in [2.45, 2.75) is 12.8 Å². The number of amides is 1. The zero-order valence-electron chi connectivity index (χ0n) is 11.4. The van der Waals surface area contributed by atoms with E-state index in [1.807, 2.05) is 0 Å². The fourth-order valence-electron chi connectivity index (χ4n) is 1.70. The SMILES string of the molecule is NCC#Cc1cnccc1C(=O)NCCOCC1CC1. The number of nitrogens with one attached hydrogen (secondary N) is 1. The molecule has 0 aliphatic heterocycles. The Morgan fingerprint density at radius 1 is 1.55 bits per heavy atom. The van der Waals surface area contributed by atoms with Gasteiger partial charge in [-0.2, -0.15) is 0 Å². The van der Waals surface area contributed by atoms with Crippen molar-refractivity contribution >= 4 is 5.91 Å². The lowest BCUT2D eigenvalue weighted by Gasteiger charge is -2.07. The van der Waals surface area contributed by atoms with Gasteiger partial charge in [0.1, 0.15) is 0 Å². The monoisotopic (exact) mass is 273 g/mol. The van der Waals surface area contributed by atoms with Gasteiger partial charge < -0.3 is 15.8 Å². The van der Waals surface area contributed by atoms with Crippen LogP contribution in [-0.2, 0) is 4.74 Å². The Labute approximate surface area is 118 Å². The van der Waals surface area contributed by atoms with E-state index in [-0.39, 0.29) is 12.5 Å². The van der Waals surface area contributed by atoms with Crippen molar-refractivity contribution in [2.24, 2.45) is 11.7 Å². The summed E-state index contributed by atoms with van der Waals surface area (Å²) in [5.74, 6) is 6.15. The van der Waals surface area contributed by atoms with E-state index in [1.54, 1.807) is 18.5 Å². The number of aromatic nitrogens is 1. The molecule has 1 aliphatic carbocycles. The molecule has 5 nitrogen and oxygen atoms in total. The number of carbonyl (C=O) groups is 1. The quantitative estimate of drug-likeness (QED) is 0.586. The van der Waals surface area contributed by atoms with Gasteiger partial charge in [-0.1, -0.05) is 11.8 Å². The molecule has 1 fully saturated rings. The zero-order chi connectivity index (χ0) is 14.2. The normalized spacial score (nSPS) is 13.4. The fraction of sp³-hybridized carbons (Fsp3) is 0.467. The highest BCUT2D eigenvalue weighted by atomic mass is 16.5. The summed E-state index contributed by atoms with van der Waals surface area (Å²) in [7, 11) is 0. The van der Waals surface area contributed by atoms with E-state index in [0.717, 1.165) is 12.5 Å². The molecule has 0 radical (unpaired) electrons. The van der Waals surface area contributed by atoms with E-state index in [4.69, 9.17) is 10.5 Å². The average Bonchev–Trinajstić information content (AvgIpc) is 3.29. The second-order valence-corrected chi connectivity index (χ2v) is 4.70. The van der Waals surface area contributed by atoms with Gasteiger partial charge in [-0.25, -0.2) is 0 Å². The van der Waals surface area contributed by atoms with Crippen LogP contribution in [0.2, 0.25) is 0 Å². The molecule has 0 aromatic carbocycles. The van der Waals surface area contributed by atoms with Crippen molar-refractivity contribution in [2.75, 3.05) is 26.3 Å². The number of hydrogen-bond donors (Lipinski definition) is 2. The summed E-state index contributed by atoms with van der Waals surface area (Å²) < 4.78 is 5.47. The van der Waals surface area contributed by atoms with Crippen LogP contribution in [0.25, 0.3) is 0 Å². The van der Waals surface area contributed by atoms with Crippen molar-refractivity contribution in [3.8, 4) is 11.8 Å². The largest absolute Gasteiger partial charge is 0.379 e. The third kappa shape index (κ3) is 4.65. The van der Waals surface area contributed by atoms with Gasteiger partial charge in [-0.05, 0) is 24.8 Å². The molecular formula is C15H19N3O2. The van der Waals surface area contributed by atoms with E-state index in [9.17, 15) is 4.79 Å². The van der Waals surface area contributed by atoms with Gasteiger partial charge >= 0.3 is 0 Å². The highest BCUT2D eigenvalue weighted by Gasteiger charge is 2.20. The van der Waals surface area contributed by atoms with Crippen molar-refractivity contribution in [1.82, 2.24) is 10.3 Å². The zero-order valence-corrected chi connectivity index (χ0v) is 11.4. The van der Waals surface area contributed by atoms with E-state index in [2.05, 4.69) is 22.1 Å². The number of pyridine rings is 1. The molecule has 1 heterocycles. The smallest absolute Gasteiger partial charge is 0.252 e. The van der Waals surface area contributed by atoms with Gasteiger partial charge in [-0.3, -0.25) is 9.78 Å². The van der Waals surface area contributed by atoms with Crippen LogP contribution in [0.3, 0.4) is 0 Å². The Bertz CT molecular complexity index is 515. The first-order valence-corrected chi connectivity index (χ1v) is 6.80. The molecular weight excluding hydrogens is 254 g/mol. The van der Waals surface area contributed by atoms with Crippen LogP contribution >= 0.6 is 0 Å². The molecule has 0 atom stereocenters. The van der Waals surface area contributed by atoms with Crippen LogP contribution in [0.15, 0.2) is 18.5 Å². The minimum atomic E-state index is -0.163. The van der Waals surface area contributed by atoms with Crippen LogP contribution in [0.4, 0.5) is 0 Å². The second-order valence-electron chi connectivity index (χ2n) is 4.70. The van der Waals surface area contributed by atoms with E-state index in [1.165, 1.54) is 12.8 Å². The van der Waals surface area contributed by atoms with Gasteiger partial charge in [-0.15, -0.1) is 0 Å². The standard InChI is InChI=1S/C15H19N3O2/c16-6-1-2-13-10-17-7-5-14(13)15(19)18-8-9-20-11-12-3-4-12/h5,7,10,12H,3-4,6,8-9,11,16H2,(H,18,19). The fourth-order valence-corrected chi connectivity index (χ4v) is 1.70.